The molecule has 0 bridgehead atoms. The van der Waals surface area contributed by atoms with Crippen molar-refractivity contribution in [3.05, 3.63) is 35.9 Å². The van der Waals surface area contributed by atoms with E-state index < -0.39 is 0 Å². The molecule has 1 amide bonds. The molecule has 1 aromatic carbocycles. The molecule has 1 aromatic rings. The first-order chi connectivity index (χ1) is 8.22. The lowest BCUT2D eigenvalue weighted by Crippen LogP contribution is -2.41. The zero-order valence-corrected chi connectivity index (χ0v) is 10.1. The summed E-state index contributed by atoms with van der Waals surface area (Å²) in [4.78, 5) is 24.9. The van der Waals surface area contributed by atoms with Crippen LogP contribution in [0.4, 0.5) is 0 Å². The predicted molar refractivity (Wildman–Crippen MR) is 65.4 cm³/mol. The Morgan fingerprint density at radius 3 is 2.53 bits per heavy atom. The van der Waals surface area contributed by atoms with E-state index in [2.05, 4.69) is 6.92 Å². The van der Waals surface area contributed by atoms with E-state index in [1.165, 1.54) is 0 Å². The normalized spacial score (nSPS) is 18.3. The Balaban J connectivity index is 2.19. The van der Waals surface area contributed by atoms with Crippen molar-refractivity contribution in [3.8, 4) is 0 Å². The van der Waals surface area contributed by atoms with E-state index in [1.54, 1.807) is 0 Å². The summed E-state index contributed by atoms with van der Waals surface area (Å²) in [5.74, 6) is 0.0334. The van der Waals surface area contributed by atoms with Crippen molar-refractivity contribution in [2.45, 2.75) is 32.2 Å². The summed E-state index contributed by atoms with van der Waals surface area (Å²) in [6.45, 7) is 2.63. The van der Waals surface area contributed by atoms with Crippen molar-refractivity contribution in [1.29, 1.82) is 0 Å². The molecule has 1 atom stereocenters. The number of carbonyl (C=O) groups excluding carboxylic acids is 2. The van der Waals surface area contributed by atoms with Gasteiger partial charge in [0.1, 0.15) is 5.78 Å². The number of likely N-dealkylation sites (tertiary alicyclic amines) is 1. The maximum Gasteiger partial charge on any atom is 0.230 e. The van der Waals surface area contributed by atoms with Crippen LogP contribution in [0.2, 0.25) is 0 Å². The molecule has 0 N–H and O–H groups in total. The zero-order valence-electron chi connectivity index (χ0n) is 10.1. The summed E-state index contributed by atoms with van der Waals surface area (Å²) in [7, 11) is 0. The molecule has 2 rings (SSSR count). The van der Waals surface area contributed by atoms with Crippen LogP contribution in [0.1, 0.15) is 37.8 Å². The summed E-state index contributed by atoms with van der Waals surface area (Å²) >= 11 is 0. The molecule has 0 radical (unpaired) electrons. The number of piperidine rings is 1. The smallest absolute Gasteiger partial charge is 0.230 e. The Morgan fingerprint density at radius 2 is 1.94 bits per heavy atom. The third kappa shape index (κ3) is 2.54. The molecule has 1 aliphatic rings. The largest absolute Gasteiger partial charge is 0.335 e. The molecule has 3 heteroatoms. The minimum atomic E-state index is -0.0306. The van der Waals surface area contributed by atoms with Crippen LogP contribution in [-0.2, 0) is 9.59 Å². The van der Waals surface area contributed by atoms with Gasteiger partial charge in [0.15, 0.2) is 0 Å². The lowest BCUT2D eigenvalue weighted by Gasteiger charge is -2.34. The van der Waals surface area contributed by atoms with Crippen LogP contribution in [0, 0.1) is 0 Å². The Morgan fingerprint density at radius 1 is 1.24 bits per heavy atom. The van der Waals surface area contributed by atoms with Crippen molar-refractivity contribution in [2.24, 2.45) is 0 Å². The quantitative estimate of drug-likeness (QED) is 0.749. The summed E-state index contributed by atoms with van der Waals surface area (Å²) < 4.78 is 0. The second kappa shape index (κ2) is 5.13. The second-order valence-corrected chi connectivity index (χ2v) is 4.39. The van der Waals surface area contributed by atoms with E-state index >= 15 is 0 Å². The fraction of sp³-hybridized carbons (Fsp3) is 0.429. The lowest BCUT2D eigenvalue weighted by molar-refractivity contribution is -0.141. The number of rotatable bonds is 3. The highest BCUT2D eigenvalue weighted by molar-refractivity contribution is 6.00. The highest BCUT2D eigenvalue weighted by Gasteiger charge is 2.29. The van der Waals surface area contributed by atoms with Gasteiger partial charge >= 0.3 is 0 Å². The maximum atomic E-state index is 11.9. The molecule has 0 aliphatic carbocycles. The maximum absolute atomic E-state index is 11.9. The number of amides is 1. The molecule has 0 aromatic heterocycles. The van der Waals surface area contributed by atoms with Gasteiger partial charge in [0.2, 0.25) is 5.91 Å². The van der Waals surface area contributed by atoms with Crippen molar-refractivity contribution < 1.29 is 9.59 Å². The average Bonchev–Trinajstić information content (AvgIpc) is 2.34. The van der Waals surface area contributed by atoms with Gasteiger partial charge in [0, 0.05) is 13.0 Å². The number of Topliss-reactive ketones (excluding diaryl/α,β-unsaturated/α-hetero) is 1. The van der Waals surface area contributed by atoms with Gasteiger partial charge in [-0.1, -0.05) is 37.3 Å². The summed E-state index contributed by atoms with van der Waals surface area (Å²) in [5, 5.41) is 0. The zero-order chi connectivity index (χ0) is 12.3. The molecule has 0 saturated carbocycles. The molecule has 1 aliphatic heterocycles. The lowest BCUT2D eigenvalue weighted by atomic mass is 9.99. The van der Waals surface area contributed by atoms with Gasteiger partial charge in [0.05, 0.1) is 12.5 Å². The predicted octanol–water partition coefficient (Wildman–Crippen LogP) is 2.33. The van der Waals surface area contributed by atoms with Crippen molar-refractivity contribution in [3.63, 3.8) is 0 Å². The number of nitrogens with zero attached hydrogens (tertiary/aromatic N) is 1. The van der Waals surface area contributed by atoms with Crippen LogP contribution in [0.3, 0.4) is 0 Å². The molecule has 1 saturated heterocycles. The van der Waals surface area contributed by atoms with E-state index in [9.17, 15) is 9.59 Å². The van der Waals surface area contributed by atoms with E-state index in [-0.39, 0.29) is 24.2 Å². The van der Waals surface area contributed by atoms with Crippen LogP contribution in [0.25, 0.3) is 0 Å². The van der Waals surface area contributed by atoms with Gasteiger partial charge in [0.25, 0.3) is 0 Å². The topological polar surface area (TPSA) is 37.4 Å². The average molecular weight is 231 g/mol. The second-order valence-electron chi connectivity index (χ2n) is 4.39. The first-order valence-electron chi connectivity index (χ1n) is 6.08. The molecule has 1 fully saturated rings. The Labute approximate surface area is 101 Å². The SMILES string of the molecule is CCC(c1ccccc1)N1CCC(=O)CC1=O. The summed E-state index contributed by atoms with van der Waals surface area (Å²) in [6, 6.07) is 10.1. The van der Waals surface area contributed by atoms with Crippen molar-refractivity contribution in [2.75, 3.05) is 6.54 Å². The molecule has 1 heterocycles. The highest BCUT2D eigenvalue weighted by atomic mass is 16.2. The molecular weight excluding hydrogens is 214 g/mol. The first kappa shape index (κ1) is 11.8. The Kier molecular flexibility index (Phi) is 3.57. The number of ketones is 1. The van der Waals surface area contributed by atoms with Crippen LogP contribution < -0.4 is 0 Å². The number of carbonyl (C=O) groups is 2. The molecule has 0 spiro atoms. The Hall–Kier alpha value is -1.64. The van der Waals surface area contributed by atoms with Crippen LogP contribution in [0.15, 0.2) is 30.3 Å². The van der Waals surface area contributed by atoms with Crippen molar-refractivity contribution in [1.82, 2.24) is 4.90 Å². The summed E-state index contributed by atoms with van der Waals surface area (Å²) in [5.41, 5.74) is 1.15. The molecular formula is C14H17NO2. The van der Waals surface area contributed by atoms with Crippen LogP contribution in [-0.4, -0.2) is 23.1 Å². The van der Waals surface area contributed by atoms with E-state index in [0.717, 1.165) is 12.0 Å². The first-order valence-corrected chi connectivity index (χ1v) is 6.08. The van der Waals surface area contributed by atoms with Gasteiger partial charge in [-0.15, -0.1) is 0 Å². The van der Waals surface area contributed by atoms with Gasteiger partial charge in [-0.25, -0.2) is 0 Å². The van der Waals surface area contributed by atoms with Gasteiger partial charge < -0.3 is 4.90 Å². The van der Waals surface area contributed by atoms with Gasteiger partial charge in [-0.3, -0.25) is 9.59 Å². The summed E-state index contributed by atoms with van der Waals surface area (Å²) in [6.07, 6.45) is 1.45. The van der Waals surface area contributed by atoms with Crippen molar-refractivity contribution >= 4 is 11.7 Å². The number of benzene rings is 1. The molecule has 3 nitrogen and oxygen atoms in total. The standard InChI is InChI=1S/C14H17NO2/c1-2-13(11-6-4-3-5-7-11)15-9-8-12(16)10-14(15)17/h3-7,13H,2,8-10H2,1H3. The molecule has 1 unspecified atom stereocenters. The van der Waals surface area contributed by atoms with E-state index in [0.29, 0.717) is 13.0 Å². The van der Waals surface area contributed by atoms with Crippen LogP contribution in [0.5, 0.6) is 0 Å². The minimum Gasteiger partial charge on any atom is -0.335 e. The third-order valence-corrected chi connectivity index (χ3v) is 3.25. The molecule has 17 heavy (non-hydrogen) atoms. The fourth-order valence-electron chi connectivity index (χ4n) is 2.37. The third-order valence-electron chi connectivity index (χ3n) is 3.25. The van der Waals surface area contributed by atoms with E-state index in [4.69, 9.17) is 0 Å². The van der Waals surface area contributed by atoms with Gasteiger partial charge in [-0.05, 0) is 12.0 Å². The van der Waals surface area contributed by atoms with Gasteiger partial charge in [-0.2, -0.15) is 0 Å². The van der Waals surface area contributed by atoms with Crippen LogP contribution >= 0.6 is 0 Å². The minimum absolute atomic E-state index is 0.0306. The van der Waals surface area contributed by atoms with E-state index in [1.807, 2.05) is 35.2 Å². The highest BCUT2D eigenvalue weighted by Crippen LogP contribution is 2.26. The monoisotopic (exact) mass is 231 g/mol. The Bertz CT molecular complexity index is 413. The molecule has 90 valence electrons. The fourth-order valence-corrected chi connectivity index (χ4v) is 2.37. The number of hydrogen-bond donors (Lipinski definition) is 0. The number of hydrogen-bond acceptors (Lipinski definition) is 2.